The van der Waals surface area contributed by atoms with E-state index in [9.17, 15) is 9.59 Å². The third kappa shape index (κ3) is 7.78. The first-order valence-electron chi connectivity index (χ1n) is 11.5. The van der Waals surface area contributed by atoms with Gasteiger partial charge in [0.15, 0.2) is 6.10 Å². The molecule has 0 spiro atoms. The molecular weight excluding hydrogens is 372 g/mol. The van der Waals surface area contributed by atoms with Gasteiger partial charge in [-0.2, -0.15) is 0 Å². The molecule has 0 aliphatic rings. The van der Waals surface area contributed by atoms with Crippen LogP contribution in [0.4, 0.5) is 0 Å². The van der Waals surface area contributed by atoms with E-state index in [0.29, 0.717) is 12.0 Å². The van der Waals surface area contributed by atoms with Gasteiger partial charge in [-0.3, -0.25) is 9.59 Å². The quantitative estimate of drug-likeness (QED) is 0.200. The molecule has 2 aromatic carbocycles. The molecule has 2 rings (SSSR count). The maximum atomic E-state index is 12.6. The molecule has 30 heavy (non-hydrogen) atoms. The van der Waals surface area contributed by atoms with Gasteiger partial charge in [-0.1, -0.05) is 94.5 Å². The highest BCUT2D eigenvalue weighted by molar-refractivity contribution is 6.00. The van der Waals surface area contributed by atoms with E-state index < -0.39 is 6.10 Å². The minimum absolute atomic E-state index is 0.159. The number of rotatable bonds is 13. The van der Waals surface area contributed by atoms with Gasteiger partial charge in [0, 0.05) is 12.0 Å². The largest absolute Gasteiger partial charge is 0.454 e. The maximum absolute atomic E-state index is 12.6. The lowest BCUT2D eigenvalue weighted by Gasteiger charge is -2.13. The van der Waals surface area contributed by atoms with Crippen LogP contribution in [0.15, 0.2) is 48.5 Å². The molecule has 3 heteroatoms. The number of unbranched alkanes of at least 4 members (excludes halogenated alkanes) is 5. The number of esters is 1. The second-order valence-electron chi connectivity index (χ2n) is 8.04. The zero-order chi connectivity index (χ0) is 21.8. The SMILES string of the molecule is CCCCCCc1ccc(-c2ccc(C(=O)C(C)OC(=O)CCCCC)cc2)cc1. The van der Waals surface area contributed by atoms with Crippen molar-refractivity contribution in [3.8, 4) is 11.1 Å². The molecule has 2 aromatic rings. The number of aryl methyl sites for hydroxylation is 1. The van der Waals surface area contributed by atoms with Crippen molar-refractivity contribution in [2.45, 2.75) is 84.7 Å². The van der Waals surface area contributed by atoms with E-state index >= 15 is 0 Å². The first-order chi connectivity index (χ1) is 14.5. The number of ketones is 1. The Labute approximate surface area is 181 Å². The summed E-state index contributed by atoms with van der Waals surface area (Å²) >= 11 is 0. The second kappa shape index (κ2) is 13.0. The van der Waals surface area contributed by atoms with Crippen molar-refractivity contribution in [1.29, 1.82) is 0 Å². The summed E-state index contributed by atoms with van der Waals surface area (Å²) in [6, 6.07) is 16.2. The van der Waals surface area contributed by atoms with Crippen molar-refractivity contribution < 1.29 is 14.3 Å². The van der Waals surface area contributed by atoms with Gasteiger partial charge < -0.3 is 4.74 Å². The van der Waals surface area contributed by atoms with Crippen molar-refractivity contribution in [2.24, 2.45) is 0 Å². The molecule has 0 bridgehead atoms. The van der Waals surface area contributed by atoms with Gasteiger partial charge in [0.2, 0.25) is 5.78 Å². The van der Waals surface area contributed by atoms with Gasteiger partial charge in [-0.25, -0.2) is 0 Å². The van der Waals surface area contributed by atoms with Crippen molar-refractivity contribution in [1.82, 2.24) is 0 Å². The van der Waals surface area contributed by atoms with Crippen LogP contribution in [0.2, 0.25) is 0 Å². The van der Waals surface area contributed by atoms with E-state index in [1.165, 1.54) is 31.2 Å². The van der Waals surface area contributed by atoms with Crippen LogP contribution in [-0.4, -0.2) is 17.9 Å². The summed E-state index contributed by atoms with van der Waals surface area (Å²) < 4.78 is 5.30. The van der Waals surface area contributed by atoms with Gasteiger partial charge in [0.05, 0.1) is 0 Å². The number of carbonyl (C=O) groups excluding carboxylic acids is 2. The zero-order valence-electron chi connectivity index (χ0n) is 18.8. The minimum atomic E-state index is -0.753. The average Bonchev–Trinajstić information content (AvgIpc) is 2.77. The number of ether oxygens (including phenoxy) is 1. The molecule has 0 N–H and O–H groups in total. The Bertz CT molecular complexity index is 775. The molecule has 0 heterocycles. The topological polar surface area (TPSA) is 43.4 Å². The highest BCUT2D eigenvalue weighted by atomic mass is 16.5. The molecule has 0 aromatic heterocycles. The van der Waals surface area contributed by atoms with Crippen LogP contribution >= 0.6 is 0 Å². The van der Waals surface area contributed by atoms with Crippen molar-refractivity contribution in [3.05, 3.63) is 59.7 Å². The van der Waals surface area contributed by atoms with E-state index in [-0.39, 0.29) is 11.8 Å². The number of hydrogen-bond acceptors (Lipinski definition) is 3. The Morgan fingerprint density at radius 3 is 1.93 bits per heavy atom. The fourth-order valence-corrected chi connectivity index (χ4v) is 3.51. The predicted molar refractivity (Wildman–Crippen MR) is 124 cm³/mol. The van der Waals surface area contributed by atoms with E-state index in [2.05, 4.69) is 38.1 Å². The molecule has 3 nitrogen and oxygen atoms in total. The molecule has 1 unspecified atom stereocenters. The molecule has 0 aliphatic carbocycles. The molecule has 0 fully saturated rings. The van der Waals surface area contributed by atoms with Crippen LogP contribution in [0.3, 0.4) is 0 Å². The van der Waals surface area contributed by atoms with Crippen LogP contribution in [0, 0.1) is 0 Å². The third-order valence-corrected chi connectivity index (χ3v) is 5.44. The van der Waals surface area contributed by atoms with Crippen LogP contribution in [0.5, 0.6) is 0 Å². The first kappa shape index (κ1) is 23.9. The second-order valence-corrected chi connectivity index (χ2v) is 8.04. The lowest BCUT2D eigenvalue weighted by molar-refractivity contribution is -0.146. The van der Waals surface area contributed by atoms with Gasteiger partial charge >= 0.3 is 5.97 Å². The van der Waals surface area contributed by atoms with Gasteiger partial charge in [0.25, 0.3) is 0 Å². The summed E-state index contributed by atoms with van der Waals surface area (Å²) in [6.07, 6.45) is 8.71. The number of hydrogen-bond donors (Lipinski definition) is 0. The van der Waals surface area contributed by atoms with E-state index in [4.69, 9.17) is 4.74 Å². The van der Waals surface area contributed by atoms with E-state index in [1.807, 2.05) is 24.3 Å². The summed E-state index contributed by atoms with van der Waals surface area (Å²) in [5.41, 5.74) is 4.16. The monoisotopic (exact) mass is 408 g/mol. The Hall–Kier alpha value is -2.42. The standard InChI is InChI=1S/C27H36O3/c1-4-6-8-10-11-22-13-15-23(16-14-22)24-17-19-25(20-18-24)27(29)21(3)30-26(28)12-9-7-5-2/h13-21H,4-12H2,1-3H3. The summed E-state index contributed by atoms with van der Waals surface area (Å²) in [4.78, 5) is 24.4. The van der Waals surface area contributed by atoms with E-state index in [0.717, 1.165) is 36.8 Å². The fraction of sp³-hybridized carbons (Fsp3) is 0.481. The van der Waals surface area contributed by atoms with Crippen LogP contribution in [0.1, 0.15) is 88.1 Å². The lowest BCUT2D eigenvalue weighted by Crippen LogP contribution is -2.24. The van der Waals surface area contributed by atoms with Crippen molar-refractivity contribution >= 4 is 11.8 Å². The number of carbonyl (C=O) groups is 2. The average molecular weight is 409 g/mol. The molecule has 0 saturated heterocycles. The number of benzene rings is 2. The highest BCUT2D eigenvalue weighted by Crippen LogP contribution is 2.22. The van der Waals surface area contributed by atoms with Crippen LogP contribution in [-0.2, 0) is 16.0 Å². The van der Waals surface area contributed by atoms with Crippen LogP contribution < -0.4 is 0 Å². The summed E-state index contributed by atoms with van der Waals surface area (Å²) in [5.74, 6) is -0.455. The lowest BCUT2D eigenvalue weighted by atomic mass is 9.99. The van der Waals surface area contributed by atoms with Gasteiger partial charge in [0.1, 0.15) is 0 Å². The molecule has 0 radical (unpaired) electrons. The fourth-order valence-electron chi connectivity index (χ4n) is 3.51. The first-order valence-corrected chi connectivity index (χ1v) is 11.5. The third-order valence-electron chi connectivity index (χ3n) is 5.44. The Kier molecular flexibility index (Phi) is 10.3. The minimum Gasteiger partial charge on any atom is -0.454 e. The molecule has 0 amide bonds. The molecule has 0 aliphatic heterocycles. The normalized spacial score (nSPS) is 11.8. The number of Topliss-reactive ketones (excluding diaryl/α,β-unsaturated/α-hetero) is 1. The Balaban J connectivity index is 1.90. The molecule has 1 atom stereocenters. The summed E-state index contributed by atoms with van der Waals surface area (Å²) in [6.45, 7) is 5.97. The summed E-state index contributed by atoms with van der Waals surface area (Å²) in [7, 11) is 0. The molecule has 0 saturated carbocycles. The highest BCUT2D eigenvalue weighted by Gasteiger charge is 2.19. The van der Waals surface area contributed by atoms with Gasteiger partial charge in [-0.15, -0.1) is 0 Å². The smallest absolute Gasteiger partial charge is 0.306 e. The summed E-state index contributed by atoms with van der Waals surface area (Å²) in [5, 5.41) is 0. The maximum Gasteiger partial charge on any atom is 0.306 e. The molecular formula is C27H36O3. The van der Waals surface area contributed by atoms with E-state index in [1.54, 1.807) is 6.92 Å². The molecule has 162 valence electrons. The Morgan fingerprint density at radius 2 is 1.33 bits per heavy atom. The zero-order valence-corrected chi connectivity index (χ0v) is 18.8. The van der Waals surface area contributed by atoms with Crippen molar-refractivity contribution in [3.63, 3.8) is 0 Å². The predicted octanol–water partition coefficient (Wildman–Crippen LogP) is 7.17. The van der Waals surface area contributed by atoms with Gasteiger partial charge in [-0.05, 0) is 42.9 Å². The Morgan fingerprint density at radius 1 is 0.767 bits per heavy atom. The van der Waals surface area contributed by atoms with Crippen LogP contribution in [0.25, 0.3) is 11.1 Å². The van der Waals surface area contributed by atoms with Crippen molar-refractivity contribution in [2.75, 3.05) is 0 Å².